The van der Waals surface area contributed by atoms with E-state index >= 15 is 0 Å². The molecular formula is C15H23NO2. The molecule has 1 rings (SSSR count). The SMILES string of the molecule is CCC(C)c1ccc(CNCC(C)C(=O)O)cc1. The summed E-state index contributed by atoms with van der Waals surface area (Å²) in [5.74, 6) is -0.502. The molecule has 1 aromatic carbocycles. The fraction of sp³-hybridized carbons (Fsp3) is 0.533. The van der Waals surface area contributed by atoms with Gasteiger partial charge in [-0.1, -0.05) is 45.0 Å². The van der Waals surface area contributed by atoms with Gasteiger partial charge in [-0.15, -0.1) is 0 Å². The average Bonchev–Trinajstić information content (AvgIpc) is 2.38. The minimum Gasteiger partial charge on any atom is -0.481 e. The Hall–Kier alpha value is -1.35. The second kappa shape index (κ2) is 7.17. The first-order chi connectivity index (χ1) is 8.54. The highest BCUT2D eigenvalue weighted by Gasteiger charge is 2.09. The predicted molar refractivity (Wildman–Crippen MR) is 73.7 cm³/mol. The van der Waals surface area contributed by atoms with Crippen LogP contribution in [0.3, 0.4) is 0 Å². The molecule has 0 spiro atoms. The van der Waals surface area contributed by atoms with Crippen LogP contribution in [0.2, 0.25) is 0 Å². The lowest BCUT2D eigenvalue weighted by Crippen LogP contribution is -2.25. The third kappa shape index (κ3) is 4.49. The molecular weight excluding hydrogens is 226 g/mol. The van der Waals surface area contributed by atoms with E-state index in [-0.39, 0.29) is 5.92 Å². The largest absolute Gasteiger partial charge is 0.481 e. The summed E-state index contributed by atoms with van der Waals surface area (Å²) in [6.07, 6.45) is 1.15. The monoisotopic (exact) mass is 249 g/mol. The van der Waals surface area contributed by atoms with Crippen molar-refractivity contribution in [3.8, 4) is 0 Å². The summed E-state index contributed by atoms with van der Waals surface area (Å²) in [6, 6.07) is 8.54. The number of rotatable bonds is 7. The molecule has 2 atom stereocenters. The molecule has 0 heterocycles. The molecule has 0 saturated carbocycles. The number of aliphatic carboxylic acids is 1. The van der Waals surface area contributed by atoms with Gasteiger partial charge in [0, 0.05) is 13.1 Å². The molecule has 0 aliphatic carbocycles. The molecule has 2 unspecified atom stereocenters. The maximum atomic E-state index is 10.7. The lowest BCUT2D eigenvalue weighted by Gasteiger charge is -2.11. The Morgan fingerprint density at radius 2 is 1.89 bits per heavy atom. The third-order valence-electron chi connectivity index (χ3n) is 3.36. The van der Waals surface area contributed by atoms with Crippen molar-refractivity contribution in [1.29, 1.82) is 0 Å². The Bertz CT molecular complexity index is 373. The summed E-state index contributed by atoms with van der Waals surface area (Å²) in [4.78, 5) is 10.7. The molecule has 2 N–H and O–H groups in total. The van der Waals surface area contributed by atoms with Crippen molar-refractivity contribution in [3.05, 3.63) is 35.4 Å². The van der Waals surface area contributed by atoms with Gasteiger partial charge < -0.3 is 10.4 Å². The number of carboxylic acids is 1. The Morgan fingerprint density at radius 3 is 2.39 bits per heavy atom. The van der Waals surface area contributed by atoms with E-state index in [1.807, 2.05) is 0 Å². The van der Waals surface area contributed by atoms with Gasteiger partial charge in [0.15, 0.2) is 0 Å². The zero-order chi connectivity index (χ0) is 13.5. The molecule has 0 aliphatic heterocycles. The van der Waals surface area contributed by atoms with Gasteiger partial charge in [0.2, 0.25) is 0 Å². The van der Waals surface area contributed by atoms with Crippen LogP contribution in [0.25, 0.3) is 0 Å². The highest BCUT2D eigenvalue weighted by molar-refractivity contribution is 5.69. The van der Waals surface area contributed by atoms with E-state index in [4.69, 9.17) is 5.11 Å². The summed E-state index contributed by atoms with van der Waals surface area (Å²) < 4.78 is 0. The quantitative estimate of drug-likeness (QED) is 0.781. The topological polar surface area (TPSA) is 49.3 Å². The Balaban J connectivity index is 2.42. The standard InChI is InChI=1S/C15H23NO2/c1-4-11(2)14-7-5-13(6-8-14)10-16-9-12(3)15(17)18/h5-8,11-12,16H,4,9-10H2,1-3H3,(H,17,18). The molecule has 0 aromatic heterocycles. The third-order valence-corrected chi connectivity index (χ3v) is 3.36. The van der Waals surface area contributed by atoms with Crippen LogP contribution in [-0.4, -0.2) is 17.6 Å². The van der Waals surface area contributed by atoms with Crippen molar-refractivity contribution in [3.63, 3.8) is 0 Å². The summed E-state index contributed by atoms with van der Waals surface area (Å²) in [6.45, 7) is 7.34. The number of carboxylic acid groups (broad SMARTS) is 1. The smallest absolute Gasteiger partial charge is 0.307 e. The van der Waals surface area contributed by atoms with Crippen LogP contribution in [0.4, 0.5) is 0 Å². The number of nitrogens with one attached hydrogen (secondary N) is 1. The first-order valence-corrected chi connectivity index (χ1v) is 6.57. The second-order valence-corrected chi connectivity index (χ2v) is 4.92. The molecule has 0 aliphatic rings. The maximum absolute atomic E-state index is 10.7. The van der Waals surface area contributed by atoms with Crippen LogP contribution in [0.15, 0.2) is 24.3 Å². The zero-order valence-electron chi connectivity index (χ0n) is 11.4. The molecule has 0 bridgehead atoms. The van der Waals surface area contributed by atoms with E-state index in [1.54, 1.807) is 6.92 Å². The number of hydrogen-bond donors (Lipinski definition) is 2. The first-order valence-electron chi connectivity index (χ1n) is 6.57. The molecule has 18 heavy (non-hydrogen) atoms. The fourth-order valence-electron chi connectivity index (χ4n) is 1.72. The average molecular weight is 249 g/mol. The van der Waals surface area contributed by atoms with Crippen LogP contribution in [-0.2, 0) is 11.3 Å². The van der Waals surface area contributed by atoms with E-state index in [0.717, 1.165) is 13.0 Å². The van der Waals surface area contributed by atoms with Crippen LogP contribution < -0.4 is 5.32 Å². The van der Waals surface area contributed by atoms with Crippen molar-refractivity contribution in [2.75, 3.05) is 6.54 Å². The van der Waals surface area contributed by atoms with Gasteiger partial charge in [-0.3, -0.25) is 4.79 Å². The molecule has 3 heteroatoms. The normalized spacial score (nSPS) is 14.2. The van der Waals surface area contributed by atoms with Crippen LogP contribution in [0.1, 0.15) is 44.2 Å². The summed E-state index contributed by atoms with van der Waals surface area (Å²) in [7, 11) is 0. The lowest BCUT2D eigenvalue weighted by molar-refractivity contribution is -0.140. The maximum Gasteiger partial charge on any atom is 0.307 e. The van der Waals surface area contributed by atoms with Crippen molar-refractivity contribution in [2.45, 2.75) is 39.7 Å². The molecule has 0 radical (unpaired) electrons. The Labute approximate surface area is 109 Å². The number of carbonyl (C=O) groups is 1. The van der Waals surface area contributed by atoms with E-state index in [9.17, 15) is 4.79 Å². The first kappa shape index (κ1) is 14.7. The van der Waals surface area contributed by atoms with E-state index in [0.29, 0.717) is 12.5 Å². The van der Waals surface area contributed by atoms with Gasteiger partial charge in [-0.2, -0.15) is 0 Å². The number of hydrogen-bond acceptors (Lipinski definition) is 2. The molecule has 0 saturated heterocycles. The van der Waals surface area contributed by atoms with Crippen molar-refractivity contribution >= 4 is 5.97 Å². The summed E-state index contributed by atoms with van der Waals surface area (Å²) in [5, 5.41) is 11.9. The van der Waals surface area contributed by atoms with Crippen molar-refractivity contribution in [2.24, 2.45) is 5.92 Å². The van der Waals surface area contributed by atoms with Crippen molar-refractivity contribution < 1.29 is 9.90 Å². The van der Waals surface area contributed by atoms with Gasteiger partial charge in [0.05, 0.1) is 5.92 Å². The minimum absolute atomic E-state index is 0.343. The minimum atomic E-state index is -0.755. The van der Waals surface area contributed by atoms with E-state index in [2.05, 4.69) is 43.4 Å². The molecule has 100 valence electrons. The van der Waals surface area contributed by atoms with Crippen LogP contribution in [0, 0.1) is 5.92 Å². The van der Waals surface area contributed by atoms with Gasteiger partial charge >= 0.3 is 5.97 Å². The second-order valence-electron chi connectivity index (χ2n) is 4.92. The van der Waals surface area contributed by atoms with Crippen molar-refractivity contribution in [1.82, 2.24) is 5.32 Å². The molecule has 1 aromatic rings. The highest BCUT2D eigenvalue weighted by Crippen LogP contribution is 2.18. The predicted octanol–water partition coefficient (Wildman–Crippen LogP) is 3.01. The Morgan fingerprint density at radius 1 is 1.28 bits per heavy atom. The van der Waals surface area contributed by atoms with Gasteiger partial charge in [0.1, 0.15) is 0 Å². The fourth-order valence-corrected chi connectivity index (χ4v) is 1.72. The lowest BCUT2D eigenvalue weighted by atomic mass is 9.98. The van der Waals surface area contributed by atoms with E-state index in [1.165, 1.54) is 11.1 Å². The van der Waals surface area contributed by atoms with Crippen LogP contribution >= 0.6 is 0 Å². The summed E-state index contributed by atoms with van der Waals surface area (Å²) in [5.41, 5.74) is 2.56. The molecule has 3 nitrogen and oxygen atoms in total. The van der Waals surface area contributed by atoms with E-state index < -0.39 is 5.97 Å². The number of benzene rings is 1. The Kier molecular flexibility index (Phi) is 5.86. The van der Waals surface area contributed by atoms with Gasteiger partial charge in [-0.25, -0.2) is 0 Å². The highest BCUT2D eigenvalue weighted by atomic mass is 16.4. The zero-order valence-corrected chi connectivity index (χ0v) is 11.4. The molecule has 0 fully saturated rings. The summed E-state index contributed by atoms with van der Waals surface area (Å²) >= 11 is 0. The molecule has 0 amide bonds. The van der Waals surface area contributed by atoms with Gasteiger partial charge in [0.25, 0.3) is 0 Å². The van der Waals surface area contributed by atoms with Gasteiger partial charge in [-0.05, 0) is 23.5 Å². The van der Waals surface area contributed by atoms with Crippen LogP contribution in [0.5, 0.6) is 0 Å².